The van der Waals surface area contributed by atoms with Crippen molar-refractivity contribution in [3.8, 4) is 11.5 Å². The molecular weight excluding hydrogens is 396 g/mol. The van der Waals surface area contributed by atoms with Crippen LogP contribution in [0.15, 0.2) is 47.6 Å². The maximum Gasteiger partial charge on any atom is 0.266 e. The molecule has 0 spiro atoms. The molecule has 2 aliphatic rings. The lowest BCUT2D eigenvalue weighted by molar-refractivity contribution is -0.157. The first kappa shape index (κ1) is 19.2. The SMILES string of the molecule is COc1cccc(/C=N/N2CC(=O)N3Cc4[nH]c5ccccc5c4C[C@@H]3C2=O)c1OC. The van der Waals surface area contributed by atoms with Gasteiger partial charge in [-0.15, -0.1) is 0 Å². The molecule has 8 nitrogen and oxygen atoms in total. The van der Waals surface area contributed by atoms with Gasteiger partial charge in [0.2, 0.25) is 5.91 Å². The van der Waals surface area contributed by atoms with E-state index >= 15 is 0 Å². The fraction of sp³-hybridized carbons (Fsp3) is 0.261. The van der Waals surface area contributed by atoms with E-state index in [-0.39, 0.29) is 18.4 Å². The van der Waals surface area contributed by atoms with Crippen LogP contribution < -0.4 is 9.47 Å². The monoisotopic (exact) mass is 418 g/mol. The minimum absolute atomic E-state index is 0.0896. The summed E-state index contributed by atoms with van der Waals surface area (Å²) >= 11 is 0. The van der Waals surface area contributed by atoms with Crippen LogP contribution >= 0.6 is 0 Å². The summed E-state index contributed by atoms with van der Waals surface area (Å²) < 4.78 is 10.7. The van der Waals surface area contributed by atoms with Crippen LogP contribution in [0.1, 0.15) is 16.8 Å². The van der Waals surface area contributed by atoms with Gasteiger partial charge in [-0.1, -0.05) is 24.3 Å². The van der Waals surface area contributed by atoms with Crippen LogP contribution in [-0.2, 0) is 22.6 Å². The van der Waals surface area contributed by atoms with Gasteiger partial charge in [-0.05, 0) is 23.8 Å². The Morgan fingerprint density at radius 1 is 1.06 bits per heavy atom. The van der Waals surface area contributed by atoms with Crippen LogP contribution in [0.25, 0.3) is 10.9 Å². The number of ether oxygens (including phenoxy) is 2. The maximum atomic E-state index is 13.2. The van der Waals surface area contributed by atoms with Crippen LogP contribution in [0.5, 0.6) is 11.5 Å². The Bertz CT molecular complexity index is 1220. The molecule has 2 aromatic carbocycles. The number of rotatable bonds is 4. The number of carbonyl (C=O) groups is 2. The Hall–Kier alpha value is -3.81. The average molecular weight is 418 g/mol. The van der Waals surface area contributed by atoms with E-state index in [1.54, 1.807) is 25.2 Å². The molecule has 3 aromatic rings. The first-order valence-electron chi connectivity index (χ1n) is 10.0. The number of benzene rings is 2. The standard InChI is InChI=1S/C23H22N4O4/c1-30-20-9-5-6-14(22(20)31-2)11-24-27-13-21(28)26-12-18-16(10-19(26)23(27)29)15-7-3-4-8-17(15)25-18/h3-9,11,19,25H,10,12-13H2,1-2H3/b24-11+/t19-/m1/s1. The van der Waals surface area contributed by atoms with Gasteiger partial charge in [0.15, 0.2) is 11.5 Å². The molecular formula is C23H22N4O4. The van der Waals surface area contributed by atoms with E-state index in [2.05, 4.69) is 10.1 Å². The number of piperazine rings is 1. The molecule has 1 N–H and O–H groups in total. The molecule has 2 amide bonds. The summed E-state index contributed by atoms with van der Waals surface area (Å²) in [7, 11) is 3.10. The summed E-state index contributed by atoms with van der Waals surface area (Å²) in [6.07, 6.45) is 2.00. The lowest BCUT2D eigenvalue weighted by atomic mass is 9.94. The molecule has 0 radical (unpaired) electrons. The quantitative estimate of drug-likeness (QED) is 0.659. The molecule has 0 saturated carbocycles. The summed E-state index contributed by atoms with van der Waals surface area (Å²) in [5, 5.41) is 6.68. The van der Waals surface area contributed by atoms with Gasteiger partial charge < -0.3 is 19.4 Å². The van der Waals surface area contributed by atoms with Crippen LogP contribution in [0.2, 0.25) is 0 Å². The molecule has 2 aliphatic heterocycles. The van der Waals surface area contributed by atoms with E-state index in [1.807, 2.05) is 36.4 Å². The second-order valence-corrected chi connectivity index (χ2v) is 7.59. The number of amides is 2. The molecule has 0 unspecified atom stereocenters. The Morgan fingerprint density at radius 2 is 1.90 bits per heavy atom. The smallest absolute Gasteiger partial charge is 0.266 e. The summed E-state index contributed by atoms with van der Waals surface area (Å²) in [5.41, 5.74) is 3.77. The lowest BCUT2D eigenvalue weighted by Gasteiger charge is -2.40. The maximum absolute atomic E-state index is 13.2. The molecule has 3 heterocycles. The van der Waals surface area contributed by atoms with Crippen molar-refractivity contribution in [2.75, 3.05) is 20.8 Å². The number of methoxy groups -OCH3 is 2. The molecule has 0 aliphatic carbocycles. The number of para-hydroxylation sites is 2. The number of hydrazone groups is 1. The van der Waals surface area contributed by atoms with Gasteiger partial charge >= 0.3 is 0 Å². The van der Waals surface area contributed by atoms with Crippen molar-refractivity contribution in [1.29, 1.82) is 0 Å². The number of hydrogen-bond acceptors (Lipinski definition) is 5. The van der Waals surface area contributed by atoms with Crippen molar-refractivity contribution in [3.63, 3.8) is 0 Å². The highest BCUT2D eigenvalue weighted by atomic mass is 16.5. The highest BCUT2D eigenvalue weighted by Gasteiger charge is 2.43. The van der Waals surface area contributed by atoms with Crippen molar-refractivity contribution < 1.29 is 19.1 Å². The molecule has 158 valence electrons. The number of aromatic nitrogens is 1. The van der Waals surface area contributed by atoms with Gasteiger partial charge in [0.25, 0.3) is 5.91 Å². The van der Waals surface area contributed by atoms with E-state index in [9.17, 15) is 9.59 Å². The number of aromatic amines is 1. The summed E-state index contributed by atoms with van der Waals surface area (Å²) in [6.45, 7) is 0.314. The Balaban J connectivity index is 1.44. The fourth-order valence-electron chi connectivity index (χ4n) is 4.40. The van der Waals surface area contributed by atoms with Crippen molar-refractivity contribution in [1.82, 2.24) is 14.9 Å². The molecule has 31 heavy (non-hydrogen) atoms. The molecule has 1 saturated heterocycles. The molecule has 1 aromatic heterocycles. The average Bonchev–Trinajstić information content (AvgIpc) is 3.16. The number of nitrogens with zero attached hydrogens (tertiary/aromatic N) is 3. The van der Waals surface area contributed by atoms with Crippen molar-refractivity contribution in [2.45, 2.75) is 19.0 Å². The first-order valence-corrected chi connectivity index (χ1v) is 10.0. The molecule has 8 heteroatoms. The lowest BCUT2D eigenvalue weighted by Crippen LogP contribution is -2.60. The third kappa shape index (κ3) is 3.11. The zero-order chi connectivity index (χ0) is 21.5. The molecule has 1 fully saturated rings. The number of fused-ring (bicyclic) bond motifs is 4. The first-order chi connectivity index (χ1) is 15.1. The van der Waals surface area contributed by atoms with E-state index in [0.717, 1.165) is 22.2 Å². The predicted molar refractivity (Wildman–Crippen MR) is 115 cm³/mol. The molecule has 5 rings (SSSR count). The van der Waals surface area contributed by atoms with E-state index in [0.29, 0.717) is 30.0 Å². The predicted octanol–water partition coefficient (Wildman–Crippen LogP) is 2.31. The highest BCUT2D eigenvalue weighted by Crippen LogP contribution is 2.33. The fourth-order valence-corrected chi connectivity index (χ4v) is 4.40. The largest absolute Gasteiger partial charge is 0.493 e. The Kier molecular flexibility index (Phi) is 4.62. The highest BCUT2D eigenvalue weighted by molar-refractivity contribution is 5.97. The summed E-state index contributed by atoms with van der Waals surface area (Å²) in [4.78, 5) is 31.1. The van der Waals surface area contributed by atoms with Gasteiger partial charge in [0.1, 0.15) is 12.6 Å². The van der Waals surface area contributed by atoms with Gasteiger partial charge in [0, 0.05) is 28.6 Å². The third-order valence-electron chi connectivity index (χ3n) is 5.92. The van der Waals surface area contributed by atoms with E-state index < -0.39 is 6.04 Å². The molecule has 1 atom stereocenters. The Labute approximate surface area is 179 Å². The van der Waals surface area contributed by atoms with Gasteiger partial charge in [-0.3, -0.25) is 9.59 Å². The van der Waals surface area contributed by atoms with Crippen LogP contribution in [0, 0.1) is 0 Å². The zero-order valence-electron chi connectivity index (χ0n) is 17.3. The topological polar surface area (TPSA) is 87.2 Å². The second-order valence-electron chi connectivity index (χ2n) is 7.59. The number of H-pyrrole nitrogens is 1. The van der Waals surface area contributed by atoms with E-state index in [4.69, 9.17) is 9.47 Å². The zero-order valence-corrected chi connectivity index (χ0v) is 17.3. The normalized spacial score (nSPS) is 18.5. The van der Waals surface area contributed by atoms with Crippen molar-refractivity contribution in [3.05, 3.63) is 59.3 Å². The number of nitrogens with one attached hydrogen (secondary N) is 1. The van der Waals surface area contributed by atoms with Crippen LogP contribution in [0.3, 0.4) is 0 Å². The van der Waals surface area contributed by atoms with Crippen molar-refractivity contribution in [2.24, 2.45) is 5.10 Å². The minimum atomic E-state index is -0.558. The third-order valence-corrected chi connectivity index (χ3v) is 5.92. The number of hydrogen-bond donors (Lipinski definition) is 1. The van der Waals surface area contributed by atoms with Crippen LogP contribution in [0.4, 0.5) is 0 Å². The van der Waals surface area contributed by atoms with Crippen molar-refractivity contribution >= 4 is 28.9 Å². The minimum Gasteiger partial charge on any atom is -0.493 e. The summed E-state index contributed by atoms with van der Waals surface area (Å²) in [6, 6.07) is 12.8. The second kappa shape index (κ2) is 7.46. The van der Waals surface area contributed by atoms with Gasteiger partial charge in [-0.25, -0.2) is 5.01 Å². The van der Waals surface area contributed by atoms with Gasteiger partial charge in [-0.2, -0.15) is 5.10 Å². The van der Waals surface area contributed by atoms with Gasteiger partial charge in [0.05, 0.1) is 27.0 Å². The number of carbonyl (C=O) groups excluding carboxylic acids is 2. The van der Waals surface area contributed by atoms with Crippen LogP contribution in [-0.4, -0.2) is 59.7 Å². The van der Waals surface area contributed by atoms with E-state index in [1.165, 1.54) is 11.2 Å². The molecule has 0 bridgehead atoms. The Morgan fingerprint density at radius 3 is 2.71 bits per heavy atom. The summed E-state index contributed by atoms with van der Waals surface area (Å²) in [5.74, 6) is 0.780.